The number of carbonyl (C=O) groups excluding carboxylic acids is 2. The number of carbonyl (C=O) groups is 2. The summed E-state index contributed by atoms with van der Waals surface area (Å²) in [6, 6.07) is 10.1. The molecule has 35 heavy (non-hydrogen) atoms. The first-order valence-electron chi connectivity index (χ1n) is 11.1. The first-order chi connectivity index (χ1) is 16.3. The average Bonchev–Trinajstić information content (AvgIpc) is 2.77. The largest absolute Gasteiger partial charge is 0.416 e. The minimum atomic E-state index is -4.69. The fraction of sp³-hybridized carbons (Fsp3) is 0.417. The van der Waals surface area contributed by atoms with E-state index in [2.05, 4.69) is 5.32 Å². The molecule has 0 aliphatic heterocycles. The lowest BCUT2D eigenvalue weighted by Gasteiger charge is -2.33. The van der Waals surface area contributed by atoms with Crippen molar-refractivity contribution in [3.05, 3.63) is 65.2 Å². The van der Waals surface area contributed by atoms with Gasteiger partial charge in [0.15, 0.2) is 0 Å². The average molecular weight is 514 g/mol. The van der Waals surface area contributed by atoms with E-state index in [0.717, 1.165) is 29.5 Å². The number of hydrogen-bond donors (Lipinski definition) is 1. The highest BCUT2D eigenvalue weighted by Crippen LogP contribution is 2.32. The minimum absolute atomic E-state index is 0.0228. The first kappa shape index (κ1) is 28.2. The van der Waals surface area contributed by atoms with Gasteiger partial charge in [0.05, 0.1) is 17.5 Å². The van der Waals surface area contributed by atoms with Crippen molar-refractivity contribution in [3.8, 4) is 0 Å². The van der Waals surface area contributed by atoms with Gasteiger partial charge in [-0.2, -0.15) is 13.2 Å². The molecule has 1 atom stereocenters. The highest BCUT2D eigenvalue weighted by Gasteiger charge is 2.34. The van der Waals surface area contributed by atoms with Crippen molar-refractivity contribution >= 4 is 27.5 Å². The smallest absolute Gasteiger partial charge is 0.355 e. The Kier molecular flexibility index (Phi) is 9.31. The van der Waals surface area contributed by atoms with Crippen LogP contribution in [0.2, 0.25) is 0 Å². The number of likely N-dealkylation sites (N-methyl/N-ethyl adjacent to an activating group) is 1. The molecule has 1 N–H and O–H groups in total. The van der Waals surface area contributed by atoms with Gasteiger partial charge in [-0.05, 0) is 44.0 Å². The van der Waals surface area contributed by atoms with Crippen molar-refractivity contribution < 1.29 is 31.2 Å². The second-order valence-corrected chi connectivity index (χ2v) is 10.1. The molecule has 0 aliphatic rings. The Labute approximate surface area is 204 Å². The van der Waals surface area contributed by atoms with Crippen LogP contribution in [0.4, 0.5) is 18.9 Å². The van der Waals surface area contributed by atoms with E-state index in [0.29, 0.717) is 16.9 Å². The van der Waals surface area contributed by atoms with Gasteiger partial charge in [-0.3, -0.25) is 13.9 Å². The maximum absolute atomic E-state index is 13.5. The standard InChI is InChI=1S/C24H30F3N3O4S/c1-5-21(23(32)28-6-2)29(15-18-12-10-17(3)11-13-18)22(31)16-30(35(4,33)34)20-9-7-8-19(14-20)24(25,26)27/h7-14,21H,5-6,15-16H2,1-4H3,(H,28,32)/t21-/m0/s1. The number of nitrogens with zero attached hydrogens (tertiary/aromatic N) is 2. The summed E-state index contributed by atoms with van der Waals surface area (Å²) in [7, 11) is -4.13. The van der Waals surface area contributed by atoms with E-state index in [4.69, 9.17) is 0 Å². The Hall–Kier alpha value is -3.08. The maximum atomic E-state index is 13.5. The van der Waals surface area contributed by atoms with E-state index in [1.807, 2.05) is 19.1 Å². The molecule has 2 aromatic rings. The predicted octanol–water partition coefficient (Wildman–Crippen LogP) is 3.72. The quantitative estimate of drug-likeness (QED) is 0.525. The summed E-state index contributed by atoms with van der Waals surface area (Å²) in [5, 5.41) is 2.68. The van der Waals surface area contributed by atoms with Gasteiger partial charge in [0, 0.05) is 13.1 Å². The molecule has 7 nitrogen and oxygen atoms in total. The van der Waals surface area contributed by atoms with Crippen LogP contribution in [0.1, 0.15) is 37.0 Å². The summed E-state index contributed by atoms with van der Waals surface area (Å²) in [5.41, 5.74) is 0.380. The first-order valence-corrected chi connectivity index (χ1v) is 12.9. The number of benzene rings is 2. The minimum Gasteiger partial charge on any atom is -0.355 e. The number of amides is 2. The van der Waals surface area contributed by atoms with Crippen LogP contribution in [0, 0.1) is 6.92 Å². The van der Waals surface area contributed by atoms with Gasteiger partial charge in [0.1, 0.15) is 12.6 Å². The van der Waals surface area contributed by atoms with E-state index >= 15 is 0 Å². The number of hydrogen-bond acceptors (Lipinski definition) is 4. The van der Waals surface area contributed by atoms with E-state index in [-0.39, 0.29) is 18.7 Å². The molecule has 2 amide bonds. The third-order valence-electron chi connectivity index (χ3n) is 5.35. The molecule has 11 heteroatoms. The molecular weight excluding hydrogens is 483 g/mol. The van der Waals surface area contributed by atoms with Crippen LogP contribution in [-0.2, 0) is 32.3 Å². The molecule has 0 aromatic heterocycles. The number of alkyl halides is 3. The molecule has 192 valence electrons. The predicted molar refractivity (Wildman–Crippen MR) is 128 cm³/mol. The Bertz CT molecular complexity index is 1140. The molecule has 0 fully saturated rings. The van der Waals surface area contributed by atoms with Crippen LogP contribution in [0.15, 0.2) is 48.5 Å². The second kappa shape index (κ2) is 11.6. The zero-order valence-corrected chi connectivity index (χ0v) is 20.9. The van der Waals surface area contributed by atoms with Crippen LogP contribution in [0.5, 0.6) is 0 Å². The number of rotatable bonds is 10. The van der Waals surface area contributed by atoms with Crippen molar-refractivity contribution in [2.24, 2.45) is 0 Å². The number of halogens is 3. The Balaban J connectivity index is 2.47. The normalized spacial score (nSPS) is 12.7. The maximum Gasteiger partial charge on any atom is 0.416 e. The van der Waals surface area contributed by atoms with E-state index in [1.54, 1.807) is 26.0 Å². The topological polar surface area (TPSA) is 86.8 Å². The van der Waals surface area contributed by atoms with Crippen molar-refractivity contribution in [3.63, 3.8) is 0 Å². The van der Waals surface area contributed by atoms with Gasteiger partial charge in [-0.25, -0.2) is 8.42 Å². The SMILES string of the molecule is CCNC(=O)[C@H](CC)N(Cc1ccc(C)cc1)C(=O)CN(c1cccc(C(F)(F)F)c1)S(C)(=O)=O. The van der Waals surface area contributed by atoms with Crippen LogP contribution in [-0.4, -0.2) is 50.5 Å². The molecule has 0 aliphatic carbocycles. The van der Waals surface area contributed by atoms with Gasteiger partial charge in [-0.15, -0.1) is 0 Å². The summed E-state index contributed by atoms with van der Waals surface area (Å²) in [5.74, 6) is -1.12. The number of sulfonamides is 1. The molecule has 0 bridgehead atoms. The third-order valence-corrected chi connectivity index (χ3v) is 6.49. The molecule has 0 radical (unpaired) electrons. The molecule has 0 saturated carbocycles. The van der Waals surface area contributed by atoms with Gasteiger partial charge < -0.3 is 10.2 Å². The molecular formula is C24H30F3N3O4S. The number of aryl methyl sites for hydroxylation is 1. The Morgan fingerprint density at radius 2 is 1.69 bits per heavy atom. The summed E-state index contributed by atoms with van der Waals surface area (Å²) < 4.78 is 65.3. The van der Waals surface area contributed by atoms with Crippen molar-refractivity contribution in [1.82, 2.24) is 10.2 Å². The molecule has 2 aromatic carbocycles. The molecule has 0 spiro atoms. The summed E-state index contributed by atoms with van der Waals surface area (Å²) in [6.07, 6.45) is -3.62. The lowest BCUT2D eigenvalue weighted by atomic mass is 10.1. The third kappa shape index (κ3) is 7.71. The Morgan fingerprint density at radius 1 is 1.06 bits per heavy atom. The van der Waals surface area contributed by atoms with Crippen molar-refractivity contribution in [1.29, 1.82) is 0 Å². The van der Waals surface area contributed by atoms with Crippen LogP contribution < -0.4 is 9.62 Å². The zero-order valence-electron chi connectivity index (χ0n) is 20.1. The summed E-state index contributed by atoms with van der Waals surface area (Å²) in [4.78, 5) is 27.4. The number of anilines is 1. The van der Waals surface area contributed by atoms with Crippen LogP contribution in [0.3, 0.4) is 0 Å². The molecule has 0 saturated heterocycles. The summed E-state index contributed by atoms with van der Waals surface area (Å²) in [6.45, 7) is 4.94. The zero-order chi connectivity index (χ0) is 26.4. The summed E-state index contributed by atoms with van der Waals surface area (Å²) >= 11 is 0. The van der Waals surface area contributed by atoms with Gasteiger partial charge >= 0.3 is 6.18 Å². The lowest BCUT2D eigenvalue weighted by molar-refractivity contribution is -0.140. The van der Waals surface area contributed by atoms with E-state index in [1.165, 1.54) is 11.0 Å². The lowest BCUT2D eigenvalue weighted by Crippen LogP contribution is -2.52. The van der Waals surface area contributed by atoms with Crippen LogP contribution in [0.25, 0.3) is 0 Å². The van der Waals surface area contributed by atoms with Crippen molar-refractivity contribution in [2.75, 3.05) is 23.7 Å². The highest BCUT2D eigenvalue weighted by atomic mass is 32.2. The molecule has 0 unspecified atom stereocenters. The molecule has 0 heterocycles. The highest BCUT2D eigenvalue weighted by molar-refractivity contribution is 7.92. The van der Waals surface area contributed by atoms with Crippen LogP contribution >= 0.6 is 0 Å². The van der Waals surface area contributed by atoms with Gasteiger partial charge in [-0.1, -0.05) is 42.8 Å². The fourth-order valence-electron chi connectivity index (χ4n) is 3.55. The van der Waals surface area contributed by atoms with Crippen molar-refractivity contribution in [2.45, 2.75) is 46.0 Å². The number of nitrogens with one attached hydrogen (secondary N) is 1. The van der Waals surface area contributed by atoms with Gasteiger partial charge in [0.25, 0.3) is 0 Å². The van der Waals surface area contributed by atoms with E-state index in [9.17, 15) is 31.2 Å². The van der Waals surface area contributed by atoms with Gasteiger partial charge in [0.2, 0.25) is 21.8 Å². The molecule has 2 rings (SSSR count). The Morgan fingerprint density at radius 3 is 2.20 bits per heavy atom. The second-order valence-electron chi connectivity index (χ2n) is 8.14. The van der Waals surface area contributed by atoms with E-state index < -0.39 is 46.2 Å². The monoisotopic (exact) mass is 513 g/mol. The fourth-order valence-corrected chi connectivity index (χ4v) is 4.39.